The van der Waals surface area contributed by atoms with Gasteiger partial charge in [0.2, 0.25) is 5.91 Å². The molecule has 0 bridgehead atoms. The van der Waals surface area contributed by atoms with Crippen LogP contribution in [0.1, 0.15) is 26.5 Å². The fourth-order valence-corrected chi connectivity index (χ4v) is 1.54. The number of rotatable bonds is 5. The normalized spacial score (nSPS) is 12.8. The predicted molar refractivity (Wildman–Crippen MR) is 66.0 cm³/mol. The average molecular weight is 289 g/mol. The first-order valence-corrected chi connectivity index (χ1v) is 6.05. The zero-order valence-electron chi connectivity index (χ0n) is 9.71. The Kier molecular flexibility index (Phi) is 5.02. The highest BCUT2D eigenvalue weighted by molar-refractivity contribution is 9.10. The summed E-state index contributed by atoms with van der Waals surface area (Å²) in [5, 5.41) is 5.94. The van der Waals surface area contributed by atoms with Crippen LogP contribution in [-0.2, 0) is 11.3 Å². The van der Waals surface area contributed by atoms with E-state index in [0.29, 0.717) is 6.54 Å². The quantitative estimate of drug-likeness (QED) is 0.872. The van der Waals surface area contributed by atoms with Crippen molar-refractivity contribution >= 4 is 21.8 Å². The number of hydrogen-bond acceptors (Lipinski definition) is 3. The summed E-state index contributed by atoms with van der Waals surface area (Å²) in [6, 6.07) is 1.75. The van der Waals surface area contributed by atoms with E-state index < -0.39 is 0 Å². The molecule has 0 aliphatic carbocycles. The maximum atomic E-state index is 11.6. The third-order valence-electron chi connectivity index (χ3n) is 2.08. The predicted octanol–water partition coefficient (Wildman–Crippen LogP) is 2.04. The smallest absolute Gasteiger partial charge is 0.237 e. The summed E-state index contributed by atoms with van der Waals surface area (Å²) in [6.07, 6.45) is 1.61. The van der Waals surface area contributed by atoms with E-state index in [1.165, 1.54) is 0 Å². The van der Waals surface area contributed by atoms with Gasteiger partial charge in [-0.15, -0.1) is 0 Å². The molecule has 1 unspecified atom stereocenters. The van der Waals surface area contributed by atoms with Gasteiger partial charge in [0.15, 0.2) is 0 Å². The van der Waals surface area contributed by atoms with Gasteiger partial charge in [0.25, 0.3) is 0 Å². The zero-order chi connectivity index (χ0) is 12.1. The molecule has 0 spiro atoms. The molecule has 0 fully saturated rings. The Labute approximate surface area is 104 Å². The van der Waals surface area contributed by atoms with E-state index in [4.69, 9.17) is 4.42 Å². The van der Waals surface area contributed by atoms with E-state index in [0.717, 1.165) is 10.2 Å². The summed E-state index contributed by atoms with van der Waals surface area (Å²) in [4.78, 5) is 11.6. The molecule has 4 nitrogen and oxygen atoms in total. The Morgan fingerprint density at radius 3 is 2.69 bits per heavy atom. The lowest BCUT2D eigenvalue weighted by atomic mass is 10.2. The number of halogens is 1. The Hall–Kier alpha value is -0.810. The molecule has 16 heavy (non-hydrogen) atoms. The van der Waals surface area contributed by atoms with Crippen molar-refractivity contribution in [2.45, 2.75) is 39.4 Å². The second-order valence-electron chi connectivity index (χ2n) is 3.96. The van der Waals surface area contributed by atoms with Gasteiger partial charge in [-0.25, -0.2) is 0 Å². The van der Waals surface area contributed by atoms with Gasteiger partial charge in [-0.05, 0) is 42.8 Å². The van der Waals surface area contributed by atoms with Gasteiger partial charge in [0, 0.05) is 6.04 Å². The summed E-state index contributed by atoms with van der Waals surface area (Å²) in [5.41, 5.74) is 0. The van der Waals surface area contributed by atoms with Crippen LogP contribution >= 0.6 is 15.9 Å². The van der Waals surface area contributed by atoms with Crippen molar-refractivity contribution in [3.05, 3.63) is 22.6 Å². The number of furan rings is 1. The first-order chi connectivity index (χ1) is 7.50. The van der Waals surface area contributed by atoms with Gasteiger partial charge in [-0.1, -0.05) is 0 Å². The van der Waals surface area contributed by atoms with Gasteiger partial charge in [0.05, 0.1) is 23.3 Å². The first-order valence-electron chi connectivity index (χ1n) is 5.26. The molecule has 90 valence electrons. The van der Waals surface area contributed by atoms with Crippen molar-refractivity contribution in [3.63, 3.8) is 0 Å². The van der Waals surface area contributed by atoms with Crippen LogP contribution in [0.2, 0.25) is 0 Å². The Morgan fingerprint density at radius 1 is 1.50 bits per heavy atom. The third kappa shape index (κ3) is 3.98. The van der Waals surface area contributed by atoms with Crippen molar-refractivity contribution in [3.8, 4) is 0 Å². The van der Waals surface area contributed by atoms with Gasteiger partial charge in [-0.2, -0.15) is 0 Å². The number of carbonyl (C=O) groups is 1. The minimum Gasteiger partial charge on any atom is -0.467 e. The topological polar surface area (TPSA) is 54.3 Å². The molecular formula is C11H17BrN2O2. The van der Waals surface area contributed by atoms with Crippen LogP contribution in [0.3, 0.4) is 0 Å². The fourth-order valence-electron chi connectivity index (χ4n) is 1.20. The lowest BCUT2D eigenvalue weighted by molar-refractivity contribution is -0.123. The highest BCUT2D eigenvalue weighted by Crippen LogP contribution is 2.16. The molecule has 1 heterocycles. The molecule has 1 atom stereocenters. The second-order valence-corrected chi connectivity index (χ2v) is 4.81. The summed E-state index contributed by atoms with van der Waals surface area (Å²) in [6.45, 7) is 6.23. The molecule has 2 N–H and O–H groups in total. The largest absolute Gasteiger partial charge is 0.467 e. The van der Waals surface area contributed by atoms with Crippen molar-refractivity contribution in [2.75, 3.05) is 0 Å². The lowest BCUT2D eigenvalue weighted by Gasteiger charge is -2.15. The van der Waals surface area contributed by atoms with Gasteiger partial charge in [0.1, 0.15) is 5.76 Å². The van der Waals surface area contributed by atoms with Crippen LogP contribution in [0.15, 0.2) is 21.2 Å². The van der Waals surface area contributed by atoms with Gasteiger partial charge in [-0.3, -0.25) is 10.1 Å². The number of hydrogen-bond donors (Lipinski definition) is 2. The highest BCUT2D eigenvalue weighted by atomic mass is 79.9. The van der Waals surface area contributed by atoms with E-state index in [2.05, 4.69) is 26.6 Å². The molecule has 1 aromatic heterocycles. The number of nitrogens with one attached hydrogen (secondary N) is 2. The highest BCUT2D eigenvalue weighted by Gasteiger charge is 2.14. The van der Waals surface area contributed by atoms with Crippen LogP contribution in [0.25, 0.3) is 0 Å². The molecule has 0 aromatic carbocycles. The molecule has 5 heteroatoms. The van der Waals surface area contributed by atoms with Gasteiger partial charge >= 0.3 is 0 Å². The average Bonchev–Trinajstić information content (AvgIpc) is 2.59. The maximum Gasteiger partial charge on any atom is 0.237 e. The summed E-state index contributed by atoms with van der Waals surface area (Å²) in [7, 11) is 0. The Morgan fingerprint density at radius 2 is 2.19 bits per heavy atom. The molecule has 1 amide bonds. The zero-order valence-corrected chi connectivity index (χ0v) is 11.3. The van der Waals surface area contributed by atoms with Crippen LogP contribution in [0.5, 0.6) is 0 Å². The molecule has 0 saturated heterocycles. The SMILES string of the molecule is CC(C)NC(=O)C(C)NCc1occc1Br. The Bertz CT molecular complexity index is 350. The molecule has 0 radical (unpaired) electrons. The van der Waals surface area contributed by atoms with Crippen LogP contribution in [0.4, 0.5) is 0 Å². The second kappa shape index (κ2) is 6.06. The van der Waals surface area contributed by atoms with Crippen LogP contribution < -0.4 is 10.6 Å². The van der Waals surface area contributed by atoms with Crippen molar-refractivity contribution < 1.29 is 9.21 Å². The lowest BCUT2D eigenvalue weighted by Crippen LogP contribution is -2.44. The molecule has 0 aliphatic rings. The van der Waals surface area contributed by atoms with E-state index in [1.54, 1.807) is 6.26 Å². The summed E-state index contributed by atoms with van der Waals surface area (Å²) < 4.78 is 6.15. The summed E-state index contributed by atoms with van der Waals surface area (Å²) >= 11 is 3.36. The van der Waals surface area contributed by atoms with E-state index in [9.17, 15) is 4.79 Å². The molecule has 0 saturated carbocycles. The van der Waals surface area contributed by atoms with Crippen molar-refractivity contribution in [1.29, 1.82) is 0 Å². The van der Waals surface area contributed by atoms with Crippen LogP contribution in [0, 0.1) is 0 Å². The number of amides is 1. The third-order valence-corrected chi connectivity index (χ3v) is 2.79. The monoisotopic (exact) mass is 288 g/mol. The minimum atomic E-state index is -0.237. The van der Waals surface area contributed by atoms with Gasteiger partial charge < -0.3 is 9.73 Å². The van der Waals surface area contributed by atoms with Crippen molar-refractivity contribution in [2.24, 2.45) is 0 Å². The fraction of sp³-hybridized carbons (Fsp3) is 0.545. The number of carbonyl (C=O) groups excluding carboxylic acids is 1. The standard InChI is InChI=1S/C11H17BrN2O2/c1-7(2)14-11(15)8(3)13-6-10-9(12)4-5-16-10/h4-5,7-8,13H,6H2,1-3H3,(H,14,15). The molecule has 0 aliphatic heterocycles. The maximum absolute atomic E-state index is 11.6. The molecular weight excluding hydrogens is 272 g/mol. The first kappa shape index (κ1) is 13.3. The van der Waals surface area contributed by atoms with E-state index >= 15 is 0 Å². The van der Waals surface area contributed by atoms with Crippen molar-refractivity contribution in [1.82, 2.24) is 10.6 Å². The summed E-state index contributed by atoms with van der Waals surface area (Å²) in [5.74, 6) is 0.793. The molecule has 1 aromatic rings. The van der Waals surface area contributed by atoms with E-state index in [-0.39, 0.29) is 18.0 Å². The Balaban J connectivity index is 2.38. The van der Waals surface area contributed by atoms with E-state index in [1.807, 2.05) is 26.8 Å². The van der Waals surface area contributed by atoms with Crippen LogP contribution in [-0.4, -0.2) is 18.0 Å². The molecule has 1 rings (SSSR count). The minimum absolute atomic E-state index is 0.00215.